The second-order valence-electron chi connectivity index (χ2n) is 9.10. The lowest BCUT2D eigenvalue weighted by molar-refractivity contribution is -0.594. The van der Waals surface area contributed by atoms with Crippen LogP contribution < -0.4 is 27.3 Å². The number of aliphatic imine (C=N–C) groups is 1. The number of benzene rings is 2. The molecule has 2 aromatic carbocycles. The van der Waals surface area contributed by atoms with Gasteiger partial charge in [-0.2, -0.15) is 0 Å². The van der Waals surface area contributed by atoms with Crippen molar-refractivity contribution in [3.05, 3.63) is 81.8 Å². The predicted octanol–water partition coefficient (Wildman–Crippen LogP) is 2.75. The summed E-state index contributed by atoms with van der Waals surface area (Å²) in [5.41, 5.74) is 21.9. The number of hydrogen-bond acceptors (Lipinski definition) is 9. The molecule has 0 spiro atoms. The van der Waals surface area contributed by atoms with E-state index in [0.717, 1.165) is 32.8 Å². The maximum atomic E-state index is 13.8. The zero-order chi connectivity index (χ0) is 27.4. The van der Waals surface area contributed by atoms with Crippen LogP contribution in [0.2, 0.25) is 0 Å². The summed E-state index contributed by atoms with van der Waals surface area (Å²) < 4.78 is 20.7. The van der Waals surface area contributed by atoms with Crippen molar-refractivity contribution in [2.45, 2.75) is 0 Å². The van der Waals surface area contributed by atoms with E-state index in [0.29, 0.717) is 51.0 Å². The van der Waals surface area contributed by atoms with Crippen LogP contribution in [0.1, 0.15) is 5.56 Å². The number of rotatable bonds is 7. The van der Waals surface area contributed by atoms with Gasteiger partial charge in [-0.3, -0.25) is 9.89 Å². The van der Waals surface area contributed by atoms with Crippen molar-refractivity contribution in [1.29, 1.82) is 0 Å². The minimum absolute atomic E-state index is 0.0911. The molecular formula is C28H29FN7O2S+. The van der Waals surface area contributed by atoms with Crippen LogP contribution in [-0.2, 0) is 4.74 Å². The van der Waals surface area contributed by atoms with E-state index in [1.165, 1.54) is 28.0 Å². The van der Waals surface area contributed by atoms with Crippen LogP contribution in [0, 0.1) is 5.82 Å². The number of halogens is 1. The number of aromatic nitrogens is 2. The van der Waals surface area contributed by atoms with E-state index >= 15 is 0 Å². The molecule has 0 atom stereocenters. The molecule has 1 aliphatic heterocycles. The highest BCUT2D eigenvalue weighted by Crippen LogP contribution is 2.31. The van der Waals surface area contributed by atoms with Gasteiger partial charge in [0.15, 0.2) is 5.69 Å². The summed E-state index contributed by atoms with van der Waals surface area (Å²) in [6.07, 6.45) is 3.30. The van der Waals surface area contributed by atoms with Gasteiger partial charge in [0.2, 0.25) is 5.69 Å². The highest BCUT2D eigenvalue weighted by molar-refractivity contribution is 7.12. The first-order valence-electron chi connectivity index (χ1n) is 12.5. The summed E-state index contributed by atoms with van der Waals surface area (Å²) in [7, 11) is 0. The Labute approximate surface area is 229 Å². The van der Waals surface area contributed by atoms with E-state index < -0.39 is 5.56 Å². The number of hydrogen-bond donors (Lipinski definition) is 3. The Hall–Kier alpha value is -4.19. The Balaban J connectivity index is 1.64. The van der Waals surface area contributed by atoms with Gasteiger partial charge in [-0.05, 0) is 35.9 Å². The van der Waals surface area contributed by atoms with E-state index in [1.54, 1.807) is 48.1 Å². The summed E-state index contributed by atoms with van der Waals surface area (Å²) >= 11 is 1.30. The standard InChI is InChI=1S/C28H29FN7O2S/c29-21-3-1-18(2-4-21)22-15-23(30)20(16-33-7-8-35-9-11-38-12-10-35)13-25(22)36-27(37)24(31)17-39-28(36)19-5-6-34-26(32)14-19/h1-6,13-17H,7-12,30-31H2,(H2,32,34)/q+1. The smallest absolute Gasteiger partial charge is 0.398 e. The molecule has 4 aromatic rings. The van der Waals surface area contributed by atoms with Gasteiger partial charge >= 0.3 is 5.56 Å². The molecule has 0 bridgehead atoms. The number of nitrogen functional groups attached to an aromatic ring is 3. The number of ether oxygens (including phenoxy) is 1. The third-order valence-corrected chi connectivity index (χ3v) is 7.47. The van der Waals surface area contributed by atoms with Crippen molar-refractivity contribution in [1.82, 2.24) is 9.88 Å². The first kappa shape index (κ1) is 26.4. The fourth-order valence-corrected chi connectivity index (χ4v) is 5.30. The van der Waals surface area contributed by atoms with E-state index in [-0.39, 0.29) is 11.5 Å². The Kier molecular flexibility index (Phi) is 7.92. The molecule has 0 amide bonds. The van der Waals surface area contributed by atoms with E-state index in [1.807, 2.05) is 6.07 Å². The molecule has 11 heteroatoms. The van der Waals surface area contributed by atoms with Gasteiger partial charge in [0, 0.05) is 54.7 Å². The molecule has 39 heavy (non-hydrogen) atoms. The van der Waals surface area contributed by atoms with E-state index in [9.17, 15) is 9.18 Å². The van der Waals surface area contributed by atoms with Gasteiger partial charge < -0.3 is 21.9 Å². The molecule has 1 saturated heterocycles. The Morgan fingerprint density at radius 1 is 1.05 bits per heavy atom. The molecule has 0 aliphatic carbocycles. The first-order valence-corrected chi connectivity index (χ1v) is 13.3. The summed E-state index contributed by atoms with van der Waals surface area (Å²) in [6.45, 7) is 4.63. The molecule has 200 valence electrons. The summed E-state index contributed by atoms with van der Waals surface area (Å²) in [5.74, 6) is -0.0479. The van der Waals surface area contributed by atoms with Gasteiger partial charge in [-0.1, -0.05) is 23.5 Å². The molecule has 1 fully saturated rings. The normalized spacial score (nSPS) is 14.2. The summed E-state index contributed by atoms with van der Waals surface area (Å²) in [6, 6.07) is 13.1. The topological polar surface area (TPSA) is 137 Å². The molecule has 0 unspecified atom stereocenters. The lowest BCUT2D eigenvalue weighted by atomic mass is 9.99. The third kappa shape index (κ3) is 5.95. The number of morpholine rings is 1. The van der Waals surface area contributed by atoms with Crippen LogP contribution in [0.3, 0.4) is 0 Å². The van der Waals surface area contributed by atoms with Crippen LogP contribution in [0.4, 0.5) is 21.6 Å². The average Bonchev–Trinajstić information content (AvgIpc) is 2.94. The molecule has 9 nitrogen and oxygen atoms in total. The van der Waals surface area contributed by atoms with Crippen molar-refractivity contribution < 1.29 is 13.7 Å². The highest BCUT2D eigenvalue weighted by Gasteiger charge is 2.28. The quantitative estimate of drug-likeness (QED) is 0.184. The van der Waals surface area contributed by atoms with Gasteiger partial charge in [0.25, 0.3) is 5.01 Å². The number of anilines is 3. The fraction of sp³-hybridized carbons (Fsp3) is 0.214. The number of pyridine rings is 1. The van der Waals surface area contributed by atoms with Gasteiger partial charge in [-0.25, -0.2) is 14.2 Å². The molecule has 0 radical (unpaired) electrons. The molecule has 3 heterocycles. The number of nitrogens with zero attached hydrogens (tertiary/aromatic N) is 4. The van der Waals surface area contributed by atoms with Crippen LogP contribution >= 0.6 is 11.3 Å². The Bertz CT molecular complexity index is 1570. The minimum atomic E-state index is -0.400. The Morgan fingerprint density at radius 3 is 2.56 bits per heavy atom. The maximum Gasteiger partial charge on any atom is 0.443 e. The highest BCUT2D eigenvalue weighted by atomic mass is 32.1. The number of nitrogens with two attached hydrogens (primary N) is 3. The van der Waals surface area contributed by atoms with Crippen LogP contribution in [0.5, 0.6) is 0 Å². The zero-order valence-electron chi connectivity index (χ0n) is 21.2. The van der Waals surface area contributed by atoms with Gasteiger partial charge in [-0.15, -0.1) is 4.57 Å². The molecular weight excluding hydrogens is 517 g/mol. The second-order valence-corrected chi connectivity index (χ2v) is 9.96. The second kappa shape index (κ2) is 11.7. The molecule has 5 rings (SSSR count). The van der Waals surface area contributed by atoms with Crippen molar-refractivity contribution in [3.8, 4) is 27.4 Å². The minimum Gasteiger partial charge on any atom is -0.398 e. The van der Waals surface area contributed by atoms with Crippen LogP contribution in [0.15, 0.2) is 69.9 Å². The Morgan fingerprint density at radius 2 is 1.82 bits per heavy atom. The van der Waals surface area contributed by atoms with Crippen LogP contribution in [-0.4, -0.2) is 55.5 Å². The summed E-state index contributed by atoms with van der Waals surface area (Å²) in [4.78, 5) is 24.6. The molecule has 2 aromatic heterocycles. The monoisotopic (exact) mass is 546 g/mol. The van der Waals surface area contributed by atoms with Crippen molar-refractivity contribution in [3.63, 3.8) is 0 Å². The van der Waals surface area contributed by atoms with Crippen molar-refractivity contribution >= 4 is 34.7 Å². The van der Waals surface area contributed by atoms with Crippen molar-refractivity contribution in [2.24, 2.45) is 4.99 Å². The predicted molar refractivity (Wildman–Crippen MR) is 154 cm³/mol. The maximum absolute atomic E-state index is 13.8. The largest absolute Gasteiger partial charge is 0.443 e. The lowest BCUT2D eigenvalue weighted by Gasteiger charge is -2.25. The molecule has 0 saturated carbocycles. The third-order valence-electron chi connectivity index (χ3n) is 6.46. The average molecular weight is 547 g/mol. The van der Waals surface area contributed by atoms with Gasteiger partial charge in [0.05, 0.1) is 30.9 Å². The SMILES string of the molecule is Nc1cc(-c2scc(N)c(=O)[n+]2-c2cc(C=NCCN3CCOCC3)c(N)cc2-c2ccc(F)cc2)ccn1. The lowest BCUT2D eigenvalue weighted by Crippen LogP contribution is -2.50. The molecule has 6 N–H and O–H groups in total. The van der Waals surface area contributed by atoms with E-state index in [4.69, 9.17) is 21.9 Å². The van der Waals surface area contributed by atoms with Crippen molar-refractivity contribution in [2.75, 3.05) is 56.6 Å². The molecule has 1 aliphatic rings. The summed E-state index contributed by atoms with van der Waals surface area (Å²) in [5, 5.41) is 2.21. The van der Waals surface area contributed by atoms with Gasteiger partial charge in [0.1, 0.15) is 11.6 Å². The van der Waals surface area contributed by atoms with Crippen LogP contribution in [0.25, 0.3) is 27.4 Å². The van der Waals surface area contributed by atoms with E-state index in [2.05, 4.69) is 14.9 Å². The zero-order valence-corrected chi connectivity index (χ0v) is 22.0. The first-order chi connectivity index (χ1) is 18.9. The fourth-order valence-electron chi connectivity index (χ4n) is 4.41.